The molecule has 12 nitrogen and oxygen atoms in total. The summed E-state index contributed by atoms with van der Waals surface area (Å²) in [5.41, 5.74) is 13.7. The van der Waals surface area contributed by atoms with E-state index in [1.165, 1.54) is 0 Å². The van der Waals surface area contributed by atoms with Crippen molar-refractivity contribution in [2.75, 3.05) is 22.1 Å². The van der Waals surface area contributed by atoms with Crippen LogP contribution in [0.25, 0.3) is 41.3 Å². The number of benzene rings is 2. The van der Waals surface area contributed by atoms with Gasteiger partial charge >= 0.3 is 6.03 Å². The predicted molar refractivity (Wildman–Crippen MR) is 189 cm³/mol. The number of anilines is 4. The highest BCUT2D eigenvalue weighted by Crippen LogP contribution is 2.35. The Kier molecular flexibility index (Phi) is 7.82. The van der Waals surface area contributed by atoms with Crippen molar-refractivity contribution < 1.29 is 9.59 Å². The van der Waals surface area contributed by atoms with E-state index in [0.717, 1.165) is 41.3 Å². The molecule has 4 aromatic heterocycles. The van der Waals surface area contributed by atoms with Crippen molar-refractivity contribution in [3.63, 3.8) is 0 Å². The molecular weight excluding hydrogens is 633 g/mol. The fraction of sp³-hybridized carbons (Fsp3) is 0.212. The summed E-state index contributed by atoms with van der Waals surface area (Å²) >= 11 is 3.25. The number of urea groups is 1. The zero-order chi connectivity index (χ0) is 32.7. The number of fused-ring (bicyclic) bond motifs is 2. The third-order valence-corrected chi connectivity index (χ3v) is 10.2. The number of hydrogen-bond acceptors (Lipinski definition) is 12. The largest absolute Gasteiger partial charge is 0.399 e. The van der Waals surface area contributed by atoms with Crippen molar-refractivity contribution in [1.29, 1.82) is 0 Å². The van der Waals surface area contributed by atoms with Crippen LogP contribution in [0.5, 0.6) is 0 Å². The van der Waals surface area contributed by atoms with Gasteiger partial charge in [-0.15, -0.1) is 22.7 Å². The fourth-order valence-electron chi connectivity index (χ4n) is 5.99. The lowest BCUT2D eigenvalue weighted by Gasteiger charge is -2.32. The molecule has 1 fully saturated rings. The van der Waals surface area contributed by atoms with Crippen LogP contribution in [-0.2, 0) is 4.79 Å². The van der Waals surface area contributed by atoms with Crippen LogP contribution in [0.3, 0.4) is 0 Å². The molecule has 1 aliphatic rings. The quantitative estimate of drug-likeness (QED) is 0.0766. The summed E-state index contributed by atoms with van der Waals surface area (Å²) in [7, 11) is 0. The maximum absolute atomic E-state index is 13.3. The van der Waals surface area contributed by atoms with E-state index in [2.05, 4.69) is 43.4 Å². The number of carbonyl (C=O) groups excluding carboxylic acids is 2. The van der Waals surface area contributed by atoms with E-state index in [1.807, 2.05) is 62.4 Å². The van der Waals surface area contributed by atoms with E-state index in [-0.39, 0.29) is 30.8 Å². The first-order valence-electron chi connectivity index (χ1n) is 15.0. The third kappa shape index (κ3) is 6.37. The molecular formula is C33H32N10O2S2. The highest BCUT2D eigenvalue weighted by molar-refractivity contribution is 7.22. The SMILES string of the molecule is CC(CC1(CC(C)Nc2nccc(-c3cc4cc(N)ccc4s3)n2)NC(=O)NC1=O)Nc1nccc(-c2cc3cc(N)ccc3s2)n1. The van der Waals surface area contributed by atoms with Gasteiger partial charge in [0.15, 0.2) is 0 Å². The van der Waals surface area contributed by atoms with Gasteiger partial charge in [-0.05, 0) is 98.1 Å². The number of nitrogens with two attached hydrogens (primary N) is 2. The Morgan fingerprint density at radius 1 is 0.745 bits per heavy atom. The Balaban J connectivity index is 1.05. The van der Waals surface area contributed by atoms with Gasteiger partial charge in [-0.3, -0.25) is 10.1 Å². The average molecular weight is 665 g/mol. The number of aromatic nitrogens is 4. The molecule has 0 bridgehead atoms. The summed E-state index contributed by atoms with van der Waals surface area (Å²) in [6.45, 7) is 3.86. The number of carbonyl (C=O) groups is 2. The molecule has 0 saturated carbocycles. The van der Waals surface area contributed by atoms with Crippen molar-refractivity contribution in [1.82, 2.24) is 30.6 Å². The molecule has 0 radical (unpaired) electrons. The number of nitrogen functional groups attached to an aromatic ring is 2. The minimum Gasteiger partial charge on any atom is -0.399 e. The van der Waals surface area contributed by atoms with Gasteiger partial charge in [-0.25, -0.2) is 24.7 Å². The Hall–Kier alpha value is -5.34. The molecule has 7 rings (SSSR count). The van der Waals surface area contributed by atoms with Crippen molar-refractivity contribution in [2.45, 2.75) is 44.3 Å². The molecule has 8 N–H and O–H groups in total. The number of nitrogens with zero attached hydrogens (tertiary/aromatic N) is 4. The predicted octanol–water partition coefficient (Wildman–Crippen LogP) is 5.85. The van der Waals surface area contributed by atoms with Crippen molar-refractivity contribution >= 4 is 78.1 Å². The molecule has 1 saturated heterocycles. The van der Waals surface area contributed by atoms with Gasteiger partial charge in [0.2, 0.25) is 11.9 Å². The van der Waals surface area contributed by atoms with E-state index in [1.54, 1.807) is 35.1 Å². The number of rotatable bonds is 10. The molecule has 14 heteroatoms. The molecule has 0 spiro atoms. The Labute approximate surface area is 278 Å². The highest BCUT2D eigenvalue weighted by Gasteiger charge is 2.47. The van der Waals surface area contributed by atoms with Crippen LogP contribution in [0.1, 0.15) is 26.7 Å². The summed E-state index contributed by atoms with van der Waals surface area (Å²) in [5.74, 6) is 0.461. The number of imide groups is 1. The van der Waals surface area contributed by atoms with Gasteiger partial charge in [-0.2, -0.15) is 0 Å². The second-order valence-corrected chi connectivity index (χ2v) is 14.0. The van der Waals surface area contributed by atoms with E-state index in [4.69, 9.17) is 21.4 Å². The van der Waals surface area contributed by atoms with Crippen molar-refractivity contribution in [2.24, 2.45) is 0 Å². The van der Waals surface area contributed by atoms with Crippen LogP contribution < -0.4 is 32.7 Å². The summed E-state index contributed by atoms with van der Waals surface area (Å²) in [6, 6.07) is 18.4. The second kappa shape index (κ2) is 12.1. The highest BCUT2D eigenvalue weighted by atomic mass is 32.1. The molecule has 6 aromatic rings. The molecule has 0 aliphatic carbocycles. The summed E-state index contributed by atoms with van der Waals surface area (Å²) < 4.78 is 2.23. The molecule has 47 heavy (non-hydrogen) atoms. The van der Waals surface area contributed by atoms with Crippen molar-refractivity contribution in [3.05, 3.63) is 73.1 Å². The first kappa shape index (κ1) is 30.3. The van der Waals surface area contributed by atoms with E-state index >= 15 is 0 Å². The normalized spacial score (nSPS) is 17.4. The molecule has 238 valence electrons. The average Bonchev–Trinajstić information content (AvgIpc) is 3.71. The maximum Gasteiger partial charge on any atom is 0.322 e. The zero-order valence-electron chi connectivity index (χ0n) is 25.6. The standard InChI is InChI=1S/C33H32N10O2S2/c1-17(38-30-36-9-7-23(40-30)27-13-19-11-21(34)3-5-25(19)46-27)15-33(29(44)42-32(45)43-33)16-18(2)39-31-37-10-8-24(41-31)28-14-20-12-22(35)4-6-26(20)47-28/h3-14,17-18H,15-16,34-35H2,1-2H3,(H,36,38,40)(H,37,39,41)(H2,42,43,44,45). The smallest absolute Gasteiger partial charge is 0.322 e. The van der Waals surface area contributed by atoms with Crippen LogP contribution in [0.4, 0.5) is 28.1 Å². The first-order chi connectivity index (χ1) is 22.6. The topological polar surface area (TPSA) is 186 Å². The number of thiophene rings is 2. The van der Waals surface area contributed by atoms with E-state index in [0.29, 0.717) is 23.3 Å². The molecule has 3 amide bonds. The minimum atomic E-state index is -1.18. The van der Waals surface area contributed by atoms with Crippen LogP contribution >= 0.6 is 22.7 Å². The van der Waals surface area contributed by atoms with Gasteiger partial charge in [-0.1, -0.05) is 0 Å². The summed E-state index contributed by atoms with van der Waals surface area (Å²) in [4.78, 5) is 45.9. The lowest BCUT2D eigenvalue weighted by atomic mass is 9.85. The Morgan fingerprint density at radius 2 is 1.23 bits per heavy atom. The number of amides is 3. The van der Waals surface area contributed by atoms with Gasteiger partial charge in [0.25, 0.3) is 5.91 Å². The monoisotopic (exact) mass is 664 g/mol. The third-order valence-electron chi connectivity index (χ3n) is 7.97. The molecule has 2 aromatic carbocycles. The van der Waals surface area contributed by atoms with E-state index < -0.39 is 11.6 Å². The zero-order valence-corrected chi connectivity index (χ0v) is 27.2. The minimum absolute atomic E-state index is 0.273. The maximum atomic E-state index is 13.3. The van der Waals surface area contributed by atoms with Gasteiger partial charge in [0.05, 0.1) is 21.1 Å². The van der Waals surface area contributed by atoms with Crippen LogP contribution in [-0.4, -0.2) is 49.5 Å². The van der Waals surface area contributed by atoms with E-state index in [9.17, 15) is 9.59 Å². The fourth-order valence-corrected chi connectivity index (χ4v) is 8.02. The molecule has 5 heterocycles. The second-order valence-electron chi connectivity index (χ2n) is 11.8. The number of nitrogens with one attached hydrogen (secondary N) is 4. The first-order valence-corrected chi connectivity index (χ1v) is 16.7. The number of hydrogen-bond donors (Lipinski definition) is 6. The van der Waals surface area contributed by atoms with Crippen LogP contribution in [0, 0.1) is 0 Å². The Morgan fingerprint density at radius 3 is 1.68 bits per heavy atom. The van der Waals surface area contributed by atoms with Crippen LogP contribution in [0.15, 0.2) is 73.1 Å². The summed E-state index contributed by atoms with van der Waals surface area (Å²) in [6.07, 6.45) is 3.98. The lowest BCUT2D eigenvalue weighted by molar-refractivity contribution is -0.124. The van der Waals surface area contributed by atoms with Gasteiger partial charge < -0.3 is 27.4 Å². The van der Waals surface area contributed by atoms with Crippen LogP contribution in [0.2, 0.25) is 0 Å². The molecule has 1 aliphatic heterocycles. The summed E-state index contributed by atoms with van der Waals surface area (Å²) in [5, 5.41) is 14.1. The van der Waals surface area contributed by atoms with Gasteiger partial charge in [0.1, 0.15) is 5.54 Å². The molecule has 2 atom stereocenters. The molecule has 2 unspecified atom stereocenters. The lowest BCUT2D eigenvalue weighted by Crippen LogP contribution is -2.52. The van der Waals surface area contributed by atoms with Crippen molar-refractivity contribution in [3.8, 4) is 21.1 Å². The van der Waals surface area contributed by atoms with Gasteiger partial charge in [0, 0.05) is 45.3 Å². The Bertz CT molecular complexity index is 2010.